The van der Waals surface area contributed by atoms with Crippen LogP contribution in [0.5, 0.6) is 17.2 Å². The number of carbonyl (C=O) groups is 1. The maximum Gasteiger partial charge on any atom is 0.248 e. The highest BCUT2D eigenvalue weighted by Gasteiger charge is 2.09. The van der Waals surface area contributed by atoms with Crippen molar-refractivity contribution in [1.29, 1.82) is 0 Å². The molecule has 0 atom stereocenters. The van der Waals surface area contributed by atoms with Gasteiger partial charge < -0.3 is 19.5 Å². The zero-order valence-corrected chi connectivity index (χ0v) is 14.3. The molecule has 0 saturated heterocycles. The molecule has 2 rings (SSSR count). The smallest absolute Gasteiger partial charge is 0.248 e. The van der Waals surface area contributed by atoms with Gasteiger partial charge in [-0.25, -0.2) is 0 Å². The molecule has 0 aliphatic heterocycles. The molecule has 1 N–H and O–H groups in total. The largest absolute Gasteiger partial charge is 0.497 e. The van der Waals surface area contributed by atoms with Crippen LogP contribution in [0.2, 0.25) is 0 Å². The first kappa shape index (κ1) is 17.4. The summed E-state index contributed by atoms with van der Waals surface area (Å²) in [6.07, 6.45) is 3.21. The maximum atomic E-state index is 12.1. The van der Waals surface area contributed by atoms with E-state index in [1.165, 1.54) is 6.08 Å². The molecule has 0 fully saturated rings. The quantitative estimate of drug-likeness (QED) is 0.823. The van der Waals surface area contributed by atoms with Gasteiger partial charge in [0.15, 0.2) is 11.5 Å². The molecular weight excluding hydrogens is 306 g/mol. The molecule has 0 saturated carbocycles. The van der Waals surface area contributed by atoms with Crippen LogP contribution in [0.25, 0.3) is 6.08 Å². The Hall–Kier alpha value is -2.95. The molecule has 5 nitrogen and oxygen atoms in total. The summed E-state index contributed by atoms with van der Waals surface area (Å²) in [5, 5.41) is 2.84. The number of anilines is 1. The molecule has 2 aromatic carbocycles. The summed E-state index contributed by atoms with van der Waals surface area (Å²) in [7, 11) is 4.74. The highest BCUT2D eigenvalue weighted by molar-refractivity contribution is 6.02. The summed E-state index contributed by atoms with van der Waals surface area (Å²) < 4.78 is 15.7. The van der Waals surface area contributed by atoms with E-state index in [-0.39, 0.29) is 5.91 Å². The third-order valence-corrected chi connectivity index (χ3v) is 3.51. The van der Waals surface area contributed by atoms with E-state index in [0.717, 1.165) is 16.9 Å². The number of hydrogen-bond acceptors (Lipinski definition) is 4. The first-order valence-corrected chi connectivity index (χ1v) is 7.43. The van der Waals surface area contributed by atoms with E-state index in [9.17, 15) is 4.79 Å². The third kappa shape index (κ3) is 4.29. The fourth-order valence-corrected chi connectivity index (χ4v) is 2.21. The molecule has 0 aromatic heterocycles. The van der Waals surface area contributed by atoms with E-state index >= 15 is 0 Å². The molecule has 0 unspecified atom stereocenters. The van der Waals surface area contributed by atoms with Crippen LogP contribution < -0.4 is 19.5 Å². The summed E-state index contributed by atoms with van der Waals surface area (Å²) in [6, 6.07) is 11.0. The zero-order chi connectivity index (χ0) is 17.5. The van der Waals surface area contributed by atoms with Gasteiger partial charge >= 0.3 is 0 Å². The lowest BCUT2D eigenvalue weighted by Gasteiger charge is -2.12. The second kappa shape index (κ2) is 8.06. The first-order chi connectivity index (χ1) is 11.6. The average Bonchev–Trinajstić information content (AvgIpc) is 2.61. The Morgan fingerprint density at radius 1 is 1.00 bits per heavy atom. The van der Waals surface area contributed by atoms with E-state index in [2.05, 4.69) is 5.32 Å². The summed E-state index contributed by atoms with van der Waals surface area (Å²) in [5.41, 5.74) is 2.44. The molecule has 0 aliphatic rings. The van der Waals surface area contributed by atoms with Crippen molar-refractivity contribution in [3.05, 3.63) is 53.6 Å². The Morgan fingerprint density at radius 3 is 2.38 bits per heavy atom. The Labute approximate surface area is 141 Å². The van der Waals surface area contributed by atoms with Crippen molar-refractivity contribution >= 4 is 17.7 Å². The van der Waals surface area contributed by atoms with Gasteiger partial charge in [0.1, 0.15) is 5.75 Å². The minimum absolute atomic E-state index is 0.229. The minimum atomic E-state index is -0.229. The van der Waals surface area contributed by atoms with Gasteiger partial charge in [0.05, 0.1) is 21.3 Å². The van der Waals surface area contributed by atoms with Crippen LogP contribution in [0, 0.1) is 6.92 Å². The number of nitrogens with one attached hydrogen (secondary N) is 1. The number of rotatable bonds is 6. The molecule has 126 valence electrons. The van der Waals surface area contributed by atoms with Crippen molar-refractivity contribution in [2.75, 3.05) is 26.6 Å². The predicted molar refractivity (Wildman–Crippen MR) is 94.9 cm³/mol. The molecule has 2 aromatic rings. The first-order valence-electron chi connectivity index (χ1n) is 7.43. The molecule has 24 heavy (non-hydrogen) atoms. The van der Waals surface area contributed by atoms with Crippen LogP contribution >= 0.6 is 0 Å². The van der Waals surface area contributed by atoms with Crippen LogP contribution in [-0.4, -0.2) is 27.2 Å². The second-order valence-electron chi connectivity index (χ2n) is 5.12. The molecule has 0 bridgehead atoms. The normalized spacial score (nSPS) is 10.5. The van der Waals surface area contributed by atoms with Crippen LogP contribution in [0.3, 0.4) is 0 Å². The van der Waals surface area contributed by atoms with E-state index in [1.54, 1.807) is 33.5 Å². The van der Waals surface area contributed by atoms with Crippen molar-refractivity contribution in [2.24, 2.45) is 0 Å². The standard InChI is InChI=1S/C19H21NO4/c1-13-10-17(23-3)18(24-4)12-16(13)20-19(21)9-8-14-6-5-7-15(11-14)22-2/h5-12H,1-4H3,(H,20,21). The molecule has 0 spiro atoms. The monoisotopic (exact) mass is 327 g/mol. The maximum absolute atomic E-state index is 12.1. The van der Waals surface area contributed by atoms with E-state index < -0.39 is 0 Å². The molecule has 0 aliphatic carbocycles. The van der Waals surface area contributed by atoms with Gasteiger partial charge in [0, 0.05) is 17.8 Å². The average molecular weight is 327 g/mol. The van der Waals surface area contributed by atoms with Gasteiger partial charge in [-0.3, -0.25) is 4.79 Å². The molecule has 1 amide bonds. The number of benzene rings is 2. The Morgan fingerprint density at radius 2 is 1.71 bits per heavy atom. The SMILES string of the molecule is COc1cccc(C=CC(=O)Nc2cc(OC)c(OC)cc2C)c1. The minimum Gasteiger partial charge on any atom is -0.497 e. The predicted octanol–water partition coefficient (Wildman–Crippen LogP) is 3.67. The number of ether oxygens (including phenoxy) is 3. The number of methoxy groups -OCH3 is 3. The van der Waals surface area contributed by atoms with Crippen molar-refractivity contribution in [3.8, 4) is 17.2 Å². The van der Waals surface area contributed by atoms with E-state index in [1.807, 2.05) is 37.3 Å². The summed E-state index contributed by atoms with van der Waals surface area (Å²) >= 11 is 0. The van der Waals surface area contributed by atoms with Gasteiger partial charge in [-0.15, -0.1) is 0 Å². The number of hydrogen-bond donors (Lipinski definition) is 1. The lowest BCUT2D eigenvalue weighted by atomic mass is 10.1. The summed E-state index contributed by atoms with van der Waals surface area (Å²) in [4.78, 5) is 12.1. The second-order valence-corrected chi connectivity index (χ2v) is 5.12. The highest BCUT2D eigenvalue weighted by atomic mass is 16.5. The van der Waals surface area contributed by atoms with Gasteiger partial charge in [0.25, 0.3) is 0 Å². The van der Waals surface area contributed by atoms with Gasteiger partial charge in [-0.2, -0.15) is 0 Å². The lowest BCUT2D eigenvalue weighted by molar-refractivity contribution is -0.111. The van der Waals surface area contributed by atoms with Crippen LogP contribution in [0.1, 0.15) is 11.1 Å². The molecular formula is C19H21NO4. The van der Waals surface area contributed by atoms with Crippen molar-refractivity contribution in [1.82, 2.24) is 0 Å². The van der Waals surface area contributed by atoms with Gasteiger partial charge in [-0.1, -0.05) is 12.1 Å². The van der Waals surface area contributed by atoms with Gasteiger partial charge in [-0.05, 0) is 42.3 Å². The lowest BCUT2D eigenvalue weighted by Crippen LogP contribution is -2.09. The number of carbonyl (C=O) groups excluding carboxylic acids is 1. The Balaban J connectivity index is 2.13. The van der Waals surface area contributed by atoms with Crippen molar-refractivity contribution in [3.63, 3.8) is 0 Å². The fraction of sp³-hybridized carbons (Fsp3) is 0.211. The molecule has 0 radical (unpaired) electrons. The van der Waals surface area contributed by atoms with Crippen LogP contribution in [0.15, 0.2) is 42.5 Å². The number of aryl methyl sites for hydroxylation is 1. The van der Waals surface area contributed by atoms with Crippen LogP contribution in [-0.2, 0) is 4.79 Å². The summed E-state index contributed by atoms with van der Waals surface area (Å²) in [6.45, 7) is 1.89. The van der Waals surface area contributed by atoms with E-state index in [4.69, 9.17) is 14.2 Å². The topological polar surface area (TPSA) is 56.8 Å². The molecule has 5 heteroatoms. The summed E-state index contributed by atoms with van der Waals surface area (Å²) in [5.74, 6) is 1.71. The van der Waals surface area contributed by atoms with Crippen molar-refractivity contribution < 1.29 is 19.0 Å². The number of amides is 1. The fourth-order valence-electron chi connectivity index (χ4n) is 2.21. The van der Waals surface area contributed by atoms with Crippen LogP contribution in [0.4, 0.5) is 5.69 Å². The Kier molecular flexibility index (Phi) is 5.84. The highest BCUT2D eigenvalue weighted by Crippen LogP contribution is 2.32. The zero-order valence-electron chi connectivity index (χ0n) is 14.3. The van der Waals surface area contributed by atoms with Gasteiger partial charge in [0.2, 0.25) is 5.91 Å². The third-order valence-electron chi connectivity index (χ3n) is 3.51. The van der Waals surface area contributed by atoms with Crippen molar-refractivity contribution in [2.45, 2.75) is 6.92 Å². The molecule has 0 heterocycles. The van der Waals surface area contributed by atoms with E-state index in [0.29, 0.717) is 17.2 Å². The Bertz CT molecular complexity index is 753.